The van der Waals surface area contributed by atoms with E-state index in [9.17, 15) is 4.79 Å². The third-order valence-electron chi connectivity index (χ3n) is 2.92. The van der Waals surface area contributed by atoms with Crippen LogP contribution in [0.2, 0.25) is 0 Å². The summed E-state index contributed by atoms with van der Waals surface area (Å²) in [6.07, 6.45) is 7.47. The number of halogens is 1. The van der Waals surface area contributed by atoms with Crippen molar-refractivity contribution >= 4 is 34.2 Å². The molecule has 0 unspecified atom stereocenters. The van der Waals surface area contributed by atoms with E-state index in [-0.39, 0.29) is 5.91 Å². The maximum Gasteiger partial charge on any atom is 0.228 e. The van der Waals surface area contributed by atoms with Gasteiger partial charge in [0.1, 0.15) is 0 Å². The molecular weight excluding hydrogens is 325 g/mol. The molecule has 0 saturated heterocycles. The van der Waals surface area contributed by atoms with Crippen molar-refractivity contribution in [3.05, 3.63) is 39.5 Å². The second kappa shape index (κ2) is 6.19. The summed E-state index contributed by atoms with van der Waals surface area (Å²) in [7, 11) is 0. The van der Waals surface area contributed by atoms with Crippen molar-refractivity contribution in [2.24, 2.45) is 0 Å². The van der Waals surface area contributed by atoms with Crippen LogP contribution in [0.5, 0.6) is 0 Å². The molecule has 0 aromatic heterocycles. The number of rotatable bonds is 3. The van der Waals surface area contributed by atoms with Crippen LogP contribution in [0, 0.1) is 3.57 Å². The van der Waals surface area contributed by atoms with Crippen LogP contribution in [-0.4, -0.2) is 5.91 Å². The molecule has 1 aromatic carbocycles. The Balaban J connectivity index is 1.93. The number of benzene rings is 1. The van der Waals surface area contributed by atoms with E-state index in [1.54, 1.807) is 0 Å². The van der Waals surface area contributed by atoms with Crippen LogP contribution in [0.1, 0.15) is 32.1 Å². The molecule has 3 heteroatoms. The highest BCUT2D eigenvalue weighted by Crippen LogP contribution is 2.22. The van der Waals surface area contributed by atoms with E-state index in [0.717, 1.165) is 22.1 Å². The molecule has 90 valence electrons. The fourth-order valence-electron chi connectivity index (χ4n) is 2.03. The van der Waals surface area contributed by atoms with Crippen molar-refractivity contribution in [1.82, 2.24) is 0 Å². The van der Waals surface area contributed by atoms with Gasteiger partial charge in [-0.3, -0.25) is 4.79 Å². The standard InChI is InChI=1S/C14H16INO/c15-12-8-4-5-9-13(12)16-14(17)10-11-6-2-1-3-7-11/h4-6,8-9H,1-3,7,10H2,(H,16,17). The van der Waals surface area contributed by atoms with Gasteiger partial charge in [0.15, 0.2) is 0 Å². The molecule has 0 aliphatic heterocycles. The summed E-state index contributed by atoms with van der Waals surface area (Å²) < 4.78 is 1.08. The zero-order valence-electron chi connectivity index (χ0n) is 9.71. The number of hydrogen-bond acceptors (Lipinski definition) is 1. The van der Waals surface area contributed by atoms with Gasteiger partial charge in [0.05, 0.1) is 5.69 Å². The van der Waals surface area contributed by atoms with Crippen LogP contribution in [0.3, 0.4) is 0 Å². The van der Waals surface area contributed by atoms with Gasteiger partial charge in [-0.15, -0.1) is 0 Å². The van der Waals surface area contributed by atoms with E-state index < -0.39 is 0 Å². The van der Waals surface area contributed by atoms with E-state index in [1.807, 2.05) is 24.3 Å². The minimum atomic E-state index is 0.0993. The molecule has 0 atom stereocenters. The Hall–Kier alpha value is -0.840. The molecule has 0 radical (unpaired) electrons. The molecule has 0 spiro atoms. The lowest BCUT2D eigenvalue weighted by Gasteiger charge is -2.13. The molecule has 1 aliphatic rings. The predicted octanol–water partition coefficient (Wildman–Crippen LogP) is 4.12. The van der Waals surface area contributed by atoms with Gasteiger partial charge in [0.25, 0.3) is 0 Å². The van der Waals surface area contributed by atoms with Crippen LogP contribution in [0.15, 0.2) is 35.9 Å². The van der Waals surface area contributed by atoms with Crippen molar-refractivity contribution in [3.8, 4) is 0 Å². The number of anilines is 1. The number of hydrogen-bond donors (Lipinski definition) is 1. The first-order chi connectivity index (χ1) is 8.25. The maximum absolute atomic E-state index is 11.9. The van der Waals surface area contributed by atoms with Gasteiger partial charge in [-0.25, -0.2) is 0 Å². The SMILES string of the molecule is O=C(CC1=CCCCC1)Nc1ccccc1I. The summed E-state index contributed by atoms with van der Waals surface area (Å²) in [5.41, 5.74) is 2.20. The van der Waals surface area contributed by atoms with Gasteiger partial charge in [-0.05, 0) is 60.4 Å². The van der Waals surface area contributed by atoms with Crippen molar-refractivity contribution in [3.63, 3.8) is 0 Å². The molecule has 0 fully saturated rings. The molecule has 0 saturated carbocycles. The highest BCUT2D eigenvalue weighted by Gasteiger charge is 2.10. The second-order valence-corrected chi connectivity index (χ2v) is 5.48. The monoisotopic (exact) mass is 341 g/mol. The molecule has 17 heavy (non-hydrogen) atoms. The van der Waals surface area contributed by atoms with Crippen molar-refractivity contribution in [2.75, 3.05) is 5.32 Å². The van der Waals surface area contributed by atoms with Crippen LogP contribution in [0.25, 0.3) is 0 Å². The molecule has 1 N–H and O–H groups in total. The lowest BCUT2D eigenvalue weighted by molar-refractivity contribution is -0.115. The largest absolute Gasteiger partial charge is 0.325 e. The number of allylic oxidation sites excluding steroid dienone is 1. The van der Waals surface area contributed by atoms with Gasteiger partial charge in [0.2, 0.25) is 5.91 Å². The Morgan fingerprint density at radius 1 is 1.29 bits per heavy atom. The molecule has 2 nitrogen and oxygen atoms in total. The first kappa shape index (κ1) is 12.6. The second-order valence-electron chi connectivity index (χ2n) is 4.31. The molecular formula is C14H16INO. The van der Waals surface area contributed by atoms with E-state index in [1.165, 1.54) is 18.4 Å². The van der Waals surface area contributed by atoms with Crippen molar-refractivity contribution in [1.29, 1.82) is 0 Å². The first-order valence-electron chi connectivity index (χ1n) is 5.98. The fraction of sp³-hybridized carbons (Fsp3) is 0.357. The summed E-state index contributed by atoms with van der Waals surface area (Å²) in [4.78, 5) is 11.9. The Bertz CT molecular complexity index is 440. The summed E-state index contributed by atoms with van der Waals surface area (Å²) in [5.74, 6) is 0.0993. The number of carbonyl (C=O) groups is 1. The lowest BCUT2D eigenvalue weighted by atomic mass is 9.97. The normalized spacial score (nSPS) is 15.2. The average Bonchev–Trinajstić information content (AvgIpc) is 2.33. The number of para-hydroxylation sites is 1. The molecule has 2 rings (SSSR count). The summed E-state index contributed by atoms with van der Waals surface area (Å²) in [6, 6.07) is 7.85. The van der Waals surface area contributed by atoms with Crippen molar-refractivity contribution < 1.29 is 4.79 Å². The zero-order chi connectivity index (χ0) is 12.1. The Labute approximate surface area is 116 Å². The highest BCUT2D eigenvalue weighted by atomic mass is 127. The number of carbonyl (C=O) groups excluding carboxylic acids is 1. The topological polar surface area (TPSA) is 29.1 Å². The van der Waals surface area contributed by atoms with Gasteiger partial charge >= 0.3 is 0 Å². The van der Waals surface area contributed by atoms with E-state index in [0.29, 0.717) is 6.42 Å². The Kier molecular flexibility index (Phi) is 4.59. The molecule has 1 aliphatic carbocycles. The van der Waals surface area contributed by atoms with Gasteiger partial charge in [-0.2, -0.15) is 0 Å². The number of nitrogens with one attached hydrogen (secondary N) is 1. The van der Waals surface area contributed by atoms with Crippen LogP contribution < -0.4 is 5.32 Å². The highest BCUT2D eigenvalue weighted by molar-refractivity contribution is 14.1. The third-order valence-corrected chi connectivity index (χ3v) is 3.86. The quantitative estimate of drug-likeness (QED) is 0.650. The summed E-state index contributed by atoms with van der Waals surface area (Å²) in [6.45, 7) is 0. The van der Waals surface area contributed by atoms with E-state index >= 15 is 0 Å². The van der Waals surface area contributed by atoms with Crippen LogP contribution >= 0.6 is 22.6 Å². The fourth-order valence-corrected chi connectivity index (χ4v) is 2.55. The minimum absolute atomic E-state index is 0.0993. The Morgan fingerprint density at radius 3 is 2.82 bits per heavy atom. The molecule has 1 amide bonds. The van der Waals surface area contributed by atoms with Crippen LogP contribution in [-0.2, 0) is 4.79 Å². The third kappa shape index (κ3) is 3.84. The molecule has 1 aromatic rings. The molecule has 0 heterocycles. The lowest BCUT2D eigenvalue weighted by Crippen LogP contribution is -2.13. The van der Waals surface area contributed by atoms with Crippen LogP contribution in [0.4, 0.5) is 5.69 Å². The van der Waals surface area contributed by atoms with Crippen molar-refractivity contribution in [2.45, 2.75) is 32.1 Å². The van der Waals surface area contributed by atoms with Gasteiger partial charge < -0.3 is 5.32 Å². The predicted molar refractivity (Wildman–Crippen MR) is 79.0 cm³/mol. The van der Waals surface area contributed by atoms with Gasteiger partial charge in [0, 0.05) is 9.99 Å². The summed E-state index contributed by atoms with van der Waals surface area (Å²) >= 11 is 2.24. The average molecular weight is 341 g/mol. The smallest absolute Gasteiger partial charge is 0.228 e. The maximum atomic E-state index is 11.9. The zero-order valence-corrected chi connectivity index (χ0v) is 11.9. The Morgan fingerprint density at radius 2 is 2.12 bits per heavy atom. The van der Waals surface area contributed by atoms with E-state index in [2.05, 4.69) is 34.0 Å². The number of amides is 1. The summed E-state index contributed by atoms with van der Waals surface area (Å²) in [5, 5.41) is 2.97. The minimum Gasteiger partial charge on any atom is -0.325 e. The van der Waals surface area contributed by atoms with E-state index in [4.69, 9.17) is 0 Å². The first-order valence-corrected chi connectivity index (χ1v) is 7.06. The molecule has 0 bridgehead atoms. The van der Waals surface area contributed by atoms with Gasteiger partial charge in [-0.1, -0.05) is 23.8 Å².